The molecule has 0 unspecified atom stereocenters. The molecule has 2 N–H and O–H groups in total. The fourth-order valence-electron chi connectivity index (χ4n) is 2.18. The average molecular weight is 322 g/mol. The second-order valence-corrected chi connectivity index (χ2v) is 6.22. The second kappa shape index (κ2) is 6.87. The molecule has 0 saturated carbocycles. The molecule has 0 aromatic heterocycles. The Balaban J connectivity index is 2.17. The van der Waals surface area contributed by atoms with E-state index in [1.807, 2.05) is 0 Å². The van der Waals surface area contributed by atoms with Crippen molar-refractivity contribution in [3.8, 4) is 5.75 Å². The van der Waals surface area contributed by atoms with Crippen LogP contribution in [0.15, 0.2) is 18.2 Å². The average Bonchev–Trinajstić information content (AvgIpc) is 2.44. The first-order valence-corrected chi connectivity index (χ1v) is 7.48. The zero-order valence-electron chi connectivity index (χ0n) is 13.6. The number of benzene rings is 1. The number of hydrogen-bond donors (Lipinski definition) is 2. The standard InChI is InChI=1S/C16H22N2O5/c1-16(2,3)23-15(21)17-11-5-6-13-12(9-11)18(7-4-8-19)14(20)10-22-13/h5-6,9,19H,4,7-8,10H2,1-3H3,(H,17,21). The van der Waals surface area contributed by atoms with Gasteiger partial charge in [0.15, 0.2) is 6.61 Å². The SMILES string of the molecule is CC(C)(C)OC(=O)Nc1ccc2c(c1)N(CCCO)C(=O)CO2. The number of rotatable bonds is 4. The van der Waals surface area contributed by atoms with Crippen molar-refractivity contribution in [1.82, 2.24) is 0 Å². The molecule has 0 fully saturated rings. The van der Waals surface area contributed by atoms with Crippen molar-refractivity contribution in [2.24, 2.45) is 0 Å². The maximum absolute atomic E-state index is 12.0. The highest BCUT2D eigenvalue weighted by Crippen LogP contribution is 2.34. The summed E-state index contributed by atoms with van der Waals surface area (Å²) in [6.45, 7) is 5.70. The van der Waals surface area contributed by atoms with Crippen LogP contribution >= 0.6 is 0 Å². The van der Waals surface area contributed by atoms with Crippen molar-refractivity contribution in [3.63, 3.8) is 0 Å². The van der Waals surface area contributed by atoms with E-state index in [-0.39, 0.29) is 19.1 Å². The van der Waals surface area contributed by atoms with E-state index in [4.69, 9.17) is 14.6 Å². The third-order valence-electron chi connectivity index (χ3n) is 3.09. The van der Waals surface area contributed by atoms with Crippen LogP contribution in [-0.4, -0.2) is 42.5 Å². The van der Waals surface area contributed by atoms with Gasteiger partial charge in [-0.05, 0) is 45.4 Å². The number of ether oxygens (including phenoxy) is 2. The predicted molar refractivity (Wildman–Crippen MR) is 85.8 cm³/mol. The third-order valence-corrected chi connectivity index (χ3v) is 3.09. The van der Waals surface area contributed by atoms with E-state index >= 15 is 0 Å². The van der Waals surface area contributed by atoms with E-state index in [9.17, 15) is 9.59 Å². The van der Waals surface area contributed by atoms with Crippen molar-refractivity contribution >= 4 is 23.4 Å². The Hall–Kier alpha value is -2.28. The molecule has 23 heavy (non-hydrogen) atoms. The Bertz CT molecular complexity index is 595. The Morgan fingerprint density at radius 3 is 2.83 bits per heavy atom. The molecule has 0 saturated heterocycles. The molecule has 1 aliphatic rings. The summed E-state index contributed by atoms with van der Waals surface area (Å²) in [5, 5.41) is 11.6. The second-order valence-electron chi connectivity index (χ2n) is 6.22. The van der Waals surface area contributed by atoms with Crippen LogP contribution in [0.3, 0.4) is 0 Å². The van der Waals surface area contributed by atoms with Crippen LogP contribution in [0.2, 0.25) is 0 Å². The largest absolute Gasteiger partial charge is 0.482 e. The lowest BCUT2D eigenvalue weighted by Gasteiger charge is -2.29. The lowest BCUT2D eigenvalue weighted by atomic mass is 10.2. The van der Waals surface area contributed by atoms with Crippen molar-refractivity contribution in [1.29, 1.82) is 0 Å². The van der Waals surface area contributed by atoms with Gasteiger partial charge >= 0.3 is 6.09 Å². The lowest BCUT2D eigenvalue weighted by molar-refractivity contribution is -0.121. The number of aliphatic hydroxyl groups excluding tert-OH is 1. The summed E-state index contributed by atoms with van der Waals surface area (Å²) in [6, 6.07) is 5.04. The Morgan fingerprint density at radius 2 is 2.17 bits per heavy atom. The van der Waals surface area contributed by atoms with Gasteiger partial charge in [-0.3, -0.25) is 10.1 Å². The first-order chi connectivity index (χ1) is 10.8. The van der Waals surface area contributed by atoms with Gasteiger partial charge in [-0.2, -0.15) is 0 Å². The van der Waals surface area contributed by atoms with E-state index in [0.717, 1.165) is 0 Å². The summed E-state index contributed by atoms with van der Waals surface area (Å²) in [5.41, 5.74) is 0.485. The molecule has 7 nitrogen and oxygen atoms in total. The minimum Gasteiger partial charge on any atom is -0.482 e. The summed E-state index contributed by atoms with van der Waals surface area (Å²) < 4.78 is 10.6. The molecule has 2 rings (SSSR count). The molecule has 0 spiro atoms. The summed E-state index contributed by atoms with van der Waals surface area (Å²) >= 11 is 0. The smallest absolute Gasteiger partial charge is 0.412 e. The fraction of sp³-hybridized carbons (Fsp3) is 0.500. The van der Waals surface area contributed by atoms with Gasteiger partial charge in [0.2, 0.25) is 0 Å². The molecule has 2 amide bonds. The van der Waals surface area contributed by atoms with Gasteiger partial charge in [0.1, 0.15) is 11.4 Å². The number of aliphatic hydroxyl groups is 1. The molecule has 1 aromatic carbocycles. The first kappa shape index (κ1) is 17.1. The van der Waals surface area contributed by atoms with Crippen LogP contribution in [0.4, 0.5) is 16.2 Å². The molecule has 0 bridgehead atoms. The topological polar surface area (TPSA) is 88.1 Å². The third kappa shape index (κ3) is 4.59. The molecular formula is C16H22N2O5. The normalized spacial score (nSPS) is 14.1. The van der Waals surface area contributed by atoms with Crippen LogP contribution in [0.25, 0.3) is 0 Å². The predicted octanol–water partition coefficient (Wildman–Crippen LogP) is 2.14. The molecule has 0 atom stereocenters. The summed E-state index contributed by atoms with van der Waals surface area (Å²) in [4.78, 5) is 25.4. The Kier molecular flexibility index (Phi) is 5.10. The van der Waals surface area contributed by atoms with Gasteiger partial charge in [-0.25, -0.2) is 4.79 Å². The number of carbonyl (C=O) groups is 2. The molecule has 1 aromatic rings. The molecule has 126 valence electrons. The maximum Gasteiger partial charge on any atom is 0.412 e. The molecule has 1 aliphatic heterocycles. The van der Waals surface area contributed by atoms with Crippen LogP contribution in [0, 0.1) is 0 Å². The number of carbonyl (C=O) groups excluding carboxylic acids is 2. The fourth-order valence-corrected chi connectivity index (χ4v) is 2.18. The first-order valence-electron chi connectivity index (χ1n) is 7.48. The number of nitrogens with zero attached hydrogens (tertiary/aromatic N) is 1. The monoisotopic (exact) mass is 322 g/mol. The van der Waals surface area contributed by atoms with Gasteiger partial charge < -0.3 is 19.5 Å². The summed E-state index contributed by atoms with van der Waals surface area (Å²) in [6.07, 6.45) is -0.100. The molecule has 1 heterocycles. The minimum absolute atomic E-state index is 0.00415. The quantitative estimate of drug-likeness (QED) is 0.886. The van der Waals surface area contributed by atoms with Crippen LogP contribution in [-0.2, 0) is 9.53 Å². The van der Waals surface area contributed by atoms with Crippen molar-refractivity contribution in [3.05, 3.63) is 18.2 Å². The van der Waals surface area contributed by atoms with Crippen LogP contribution in [0.1, 0.15) is 27.2 Å². The van der Waals surface area contributed by atoms with E-state index in [2.05, 4.69) is 5.32 Å². The zero-order valence-corrected chi connectivity index (χ0v) is 13.6. The lowest BCUT2D eigenvalue weighted by Crippen LogP contribution is -2.39. The summed E-state index contributed by atoms with van der Waals surface area (Å²) in [5.74, 6) is 0.387. The molecule has 7 heteroatoms. The number of amides is 2. The number of fused-ring (bicyclic) bond motifs is 1. The van der Waals surface area contributed by atoms with E-state index in [0.29, 0.717) is 30.1 Å². The summed E-state index contributed by atoms with van der Waals surface area (Å²) in [7, 11) is 0. The Morgan fingerprint density at radius 1 is 1.43 bits per heavy atom. The van der Waals surface area contributed by atoms with Gasteiger partial charge in [-0.15, -0.1) is 0 Å². The minimum atomic E-state index is -0.593. The van der Waals surface area contributed by atoms with Gasteiger partial charge in [0.05, 0.1) is 5.69 Å². The number of anilines is 2. The molecule has 0 radical (unpaired) electrons. The van der Waals surface area contributed by atoms with Gasteiger partial charge in [0.25, 0.3) is 5.91 Å². The van der Waals surface area contributed by atoms with Crippen LogP contribution < -0.4 is 15.0 Å². The van der Waals surface area contributed by atoms with E-state index < -0.39 is 11.7 Å². The van der Waals surface area contributed by atoms with E-state index in [1.165, 1.54) is 0 Å². The van der Waals surface area contributed by atoms with Crippen molar-refractivity contribution in [2.45, 2.75) is 32.8 Å². The van der Waals surface area contributed by atoms with E-state index in [1.54, 1.807) is 43.9 Å². The number of hydrogen-bond acceptors (Lipinski definition) is 5. The zero-order chi connectivity index (χ0) is 17.0. The Labute approximate surface area is 135 Å². The van der Waals surface area contributed by atoms with Crippen LogP contribution in [0.5, 0.6) is 5.75 Å². The van der Waals surface area contributed by atoms with Crippen molar-refractivity contribution < 1.29 is 24.2 Å². The highest BCUT2D eigenvalue weighted by molar-refractivity contribution is 5.99. The molecule has 0 aliphatic carbocycles. The highest BCUT2D eigenvalue weighted by atomic mass is 16.6. The highest BCUT2D eigenvalue weighted by Gasteiger charge is 2.26. The molecular weight excluding hydrogens is 300 g/mol. The van der Waals surface area contributed by atoms with Gasteiger partial charge in [0, 0.05) is 18.8 Å². The van der Waals surface area contributed by atoms with Crippen molar-refractivity contribution in [2.75, 3.05) is 30.0 Å². The van der Waals surface area contributed by atoms with Gasteiger partial charge in [-0.1, -0.05) is 0 Å². The number of nitrogens with one attached hydrogen (secondary N) is 1. The maximum atomic E-state index is 12.0.